The smallest absolute Gasteiger partial charge is 0.274 e. The molecule has 0 saturated carbocycles. The van der Waals surface area contributed by atoms with Gasteiger partial charge in [-0.15, -0.1) is 0 Å². The van der Waals surface area contributed by atoms with E-state index in [1.54, 1.807) is 5.38 Å². The Morgan fingerprint density at radius 3 is 2.93 bits per heavy atom. The zero-order valence-electron chi connectivity index (χ0n) is 7.91. The van der Waals surface area contributed by atoms with Crippen molar-refractivity contribution in [1.29, 1.82) is 0 Å². The number of likely N-dealkylation sites (tertiary alicyclic amines) is 1. The van der Waals surface area contributed by atoms with Gasteiger partial charge in [-0.3, -0.25) is 4.90 Å². The van der Waals surface area contributed by atoms with Crippen LogP contribution in [-0.2, 0) is 0 Å². The molecule has 5 heteroatoms. The molecule has 1 fully saturated rings. The van der Waals surface area contributed by atoms with Gasteiger partial charge in [-0.05, 0) is 25.9 Å². The second-order valence-electron chi connectivity index (χ2n) is 3.33. The highest BCUT2D eigenvalue weighted by Gasteiger charge is 2.11. The van der Waals surface area contributed by atoms with Gasteiger partial charge in [0.05, 0.1) is 0 Å². The van der Waals surface area contributed by atoms with Crippen LogP contribution in [0.25, 0.3) is 0 Å². The first-order valence-electron chi connectivity index (χ1n) is 4.81. The van der Waals surface area contributed by atoms with Crippen LogP contribution < -0.4 is 4.74 Å². The first kappa shape index (κ1) is 10.2. The second-order valence-corrected chi connectivity index (χ2v) is 4.54. The molecule has 1 saturated heterocycles. The molecule has 1 aliphatic rings. The molecule has 0 radical (unpaired) electrons. The molecule has 0 amide bonds. The van der Waals surface area contributed by atoms with Crippen LogP contribution in [0.3, 0.4) is 0 Å². The molecule has 0 bridgehead atoms. The monoisotopic (exact) mass is 232 g/mol. The number of aromatic nitrogens is 1. The SMILES string of the molecule is Clc1csc(OCCN2CCCC2)n1. The van der Waals surface area contributed by atoms with E-state index in [9.17, 15) is 0 Å². The summed E-state index contributed by atoms with van der Waals surface area (Å²) in [6.07, 6.45) is 2.65. The Morgan fingerprint density at radius 1 is 1.50 bits per heavy atom. The Labute approximate surface area is 92.7 Å². The summed E-state index contributed by atoms with van der Waals surface area (Å²) in [4.78, 5) is 6.43. The lowest BCUT2D eigenvalue weighted by Gasteiger charge is -2.13. The standard InChI is InChI=1S/C9H13ClN2OS/c10-8-7-14-9(11-8)13-6-5-12-3-1-2-4-12/h7H,1-6H2. The van der Waals surface area contributed by atoms with Gasteiger partial charge in [0.2, 0.25) is 0 Å². The Hall–Kier alpha value is -0.320. The van der Waals surface area contributed by atoms with Crippen LogP contribution in [0.5, 0.6) is 5.19 Å². The molecular weight excluding hydrogens is 220 g/mol. The lowest BCUT2D eigenvalue weighted by molar-refractivity contribution is 0.237. The first-order valence-corrected chi connectivity index (χ1v) is 6.06. The lowest BCUT2D eigenvalue weighted by Crippen LogP contribution is -2.24. The molecule has 3 nitrogen and oxygen atoms in total. The highest BCUT2D eigenvalue weighted by molar-refractivity contribution is 7.11. The van der Waals surface area contributed by atoms with Gasteiger partial charge in [0.25, 0.3) is 5.19 Å². The lowest BCUT2D eigenvalue weighted by atomic mass is 10.4. The molecular formula is C9H13ClN2OS. The number of rotatable bonds is 4. The van der Waals surface area contributed by atoms with Crippen molar-refractivity contribution in [2.45, 2.75) is 12.8 Å². The van der Waals surface area contributed by atoms with E-state index in [0.29, 0.717) is 17.0 Å². The van der Waals surface area contributed by atoms with E-state index in [0.717, 1.165) is 6.54 Å². The minimum absolute atomic E-state index is 0.520. The maximum Gasteiger partial charge on any atom is 0.274 e. The number of thiazole rings is 1. The third-order valence-corrected chi connectivity index (χ3v) is 3.36. The summed E-state index contributed by atoms with van der Waals surface area (Å²) in [6, 6.07) is 0. The van der Waals surface area contributed by atoms with Gasteiger partial charge in [0, 0.05) is 11.9 Å². The van der Waals surface area contributed by atoms with Crippen molar-refractivity contribution in [2.75, 3.05) is 26.2 Å². The van der Waals surface area contributed by atoms with Gasteiger partial charge >= 0.3 is 0 Å². The molecule has 78 valence electrons. The molecule has 0 unspecified atom stereocenters. The van der Waals surface area contributed by atoms with Crippen LogP contribution in [0.1, 0.15) is 12.8 Å². The number of hydrogen-bond donors (Lipinski definition) is 0. The predicted octanol–water partition coefficient (Wildman–Crippen LogP) is 2.27. The average molecular weight is 233 g/mol. The molecule has 0 atom stereocenters. The molecule has 0 spiro atoms. The zero-order valence-corrected chi connectivity index (χ0v) is 9.48. The minimum atomic E-state index is 0.520. The number of ether oxygens (including phenoxy) is 1. The number of hydrogen-bond acceptors (Lipinski definition) is 4. The van der Waals surface area contributed by atoms with Gasteiger partial charge in [-0.2, -0.15) is 4.98 Å². The van der Waals surface area contributed by atoms with Crippen molar-refractivity contribution in [2.24, 2.45) is 0 Å². The maximum atomic E-state index is 5.68. The normalized spacial score (nSPS) is 17.5. The van der Waals surface area contributed by atoms with Gasteiger partial charge < -0.3 is 4.74 Å². The van der Waals surface area contributed by atoms with Crippen molar-refractivity contribution in [3.63, 3.8) is 0 Å². The van der Waals surface area contributed by atoms with Gasteiger partial charge in [-0.1, -0.05) is 22.9 Å². The fourth-order valence-corrected chi connectivity index (χ4v) is 2.39. The number of nitrogens with zero attached hydrogens (tertiary/aromatic N) is 2. The summed E-state index contributed by atoms with van der Waals surface area (Å²) < 4.78 is 5.47. The van der Waals surface area contributed by atoms with Gasteiger partial charge in [-0.25, -0.2) is 0 Å². The summed E-state index contributed by atoms with van der Waals surface area (Å²) in [7, 11) is 0. The third kappa shape index (κ3) is 2.83. The van der Waals surface area contributed by atoms with Crippen molar-refractivity contribution >= 4 is 22.9 Å². The van der Waals surface area contributed by atoms with E-state index in [1.165, 1.54) is 37.3 Å². The third-order valence-electron chi connectivity index (χ3n) is 2.29. The summed E-state index contributed by atoms with van der Waals surface area (Å²) in [6.45, 7) is 4.13. The quantitative estimate of drug-likeness (QED) is 0.797. The summed E-state index contributed by atoms with van der Waals surface area (Å²) in [5.41, 5.74) is 0. The molecule has 14 heavy (non-hydrogen) atoms. The van der Waals surface area contributed by atoms with Crippen molar-refractivity contribution in [3.05, 3.63) is 10.5 Å². The zero-order chi connectivity index (χ0) is 9.80. The molecule has 0 aliphatic carbocycles. The van der Waals surface area contributed by atoms with Crippen LogP contribution in [0.4, 0.5) is 0 Å². The Balaban J connectivity index is 1.67. The van der Waals surface area contributed by atoms with E-state index in [2.05, 4.69) is 9.88 Å². The Morgan fingerprint density at radius 2 is 2.29 bits per heavy atom. The molecule has 1 aliphatic heterocycles. The van der Waals surface area contributed by atoms with Gasteiger partial charge in [0.1, 0.15) is 11.8 Å². The van der Waals surface area contributed by atoms with Crippen molar-refractivity contribution in [1.82, 2.24) is 9.88 Å². The molecule has 2 rings (SSSR count). The summed E-state index contributed by atoms with van der Waals surface area (Å²) >= 11 is 7.12. The van der Waals surface area contributed by atoms with Crippen LogP contribution in [0, 0.1) is 0 Å². The minimum Gasteiger partial charge on any atom is -0.469 e. The maximum absolute atomic E-state index is 5.68. The van der Waals surface area contributed by atoms with Crippen LogP contribution in [0.15, 0.2) is 5.38 Å². The van der Waals surface area contributed by atoms with Crippen LogP contribution in [-0.4, -0.2) is 36.1 Å². The fourth-order valence-electron chi connectivity index (χ4n) is 1.57. The van der Waals surface area contributed by atoms with Gasteiger partial charge in [0.15, 0.2) is 0 Å². The first-order chi connectivity index (χ1) is 6.84. The Kier molecular flexibility index (Phi) is 3.61. The summed E-state index contributed by atoms with van der Waals surface area (Å²) in [5, 5.41) is 2.98. The largest absolute Gasteiger partial charge is 0.469 e. The van der Waals surface area contributed by atoms with E-state index in [-0.39, 0.29) is 0 Å². The topological polar surface area (TPSA) is 25.4 Å². The fraction of sp³-hybridized carbons (Fsp3) is 0.667. The highest BCUT2D eigenvalue weighted by atomic mass is 35.5. The molecule has 1 aromatic heterocycles. The average Bonchev–Trinajstić information content (AvgIpc) is 2.77. The van der Waals surface area contributed by atoms with Crippen LogP contribution >= 0.6 is 22.9 Å². The molecule has 0 N–H and O–H groups in total. The van der Waals surface area contributed by atoms with E-state index >= 15 is 0 Å². The Bertz CT molecular complexity index is 286. The predicted molar refractivity (Wildman–Crippen MR) is 58.3 cm³/mol. The molecule has 2 heterocycles. The van der Waals surface area contributed by atoms with Crippen LogP contribution in [0.2, 0.25) is 5.15 Å². The molecule has 1 aromatic rings. The summed E-state index contributed by atoms with van der Waals surface area (Å²) in [5.74, 6) is 0. The van der Waals surface area contributed by atoms with E-state index < -0.39 is 0 Å². The molecule has 0 aromatic carbocycles. The van der Waals surface area contributed by atoms with Crippen molar-refractivity contribution < 1.29 is 4.74 Å². The number of halogens is 1. The van der Waals surface area contributed by atoms with E-state index in [4.69, 9.17) is 16.3 Å². The van der Waals surface area contributed by atoms with Crippen molar-refractivity contribution in [3.8, 4) is 5.19 Å². The second kappa shape index (κ2) is 4.96. The van der Waals surface area contributed by atoms with E-state index in [1.807, 2.05) is 0 Å². The highest BCUT2D eigenvalue weighted by Crippen LogP contribution is 2.21.